The molecule has 2 aliphatic heterocycles. The molecule has 0 saturated heterocycles. The largest absolute Gasteiger partial charge is 0.350 e. The monoisotopic (exact) mass is 374 g/mol. The number of amides is 1. The van der Waals surface area contributed by atoms with Gasteiger partial charge in [0.25, 0.3) is 0 Å². The number of thioether (sulfide) groups is 1. The molecule has 3 aromatic rings. The van der Waals surface area contributed by atoms with Crippen molar-refractivity contribution in [1.82, 2.24) is 15.3 Å². The molecule has 1 amide bonds. The summed E-state index contributed by atoms with van der Waals surface area (Å²) in [6, 6.07) is 12.3. The first-order valence-corrected chi connectivity index (χ1v) is 9.86. The smallest absolute Gasteiger partial charge is 0.239 e. The number of aryl methyl sites for hydroxylation is 1. The molecule has 134 valence electrons. The molecule has 0 radical (unpaired) electrons. The molecule has 5 rings (SSSR count). The van der Waals surface area contributed by atoms with Crippen molar-refractivity contribution >= 4 is 34.3 Å². The van der Waals surface area contributed by atoms with Crippen LogP contribution in [-0.2, 0) is 4.79 Å². The van der Waals surface area contributed by atoms with Gasteiger partial charge in [0.05, 0.1) is 23.5 Å². The molecule has 6 heteroatoms. The molecular weight excluding hydrogens is 356 g/mol. The second-order valence-corrected chi connectivity index (χ2v) is 8.17. The fourth-order valence-corrected chi connectivity index (χ4v) is 4.79. The van der Waals surface area contributed by atoms with E-state index in [2.05, 4.69) is 22.4 Å². The number of rotatable bonds is 1. The summed E-state index contributed by atoms with van der Waals surface area (Å²) < 4.78 is 0. The normalized spacial score (nSPS) is 21.3. The quantitative estimate of drug-likeness (QED) is 0.709. The van der Waals surface area contributed by atoms with Gasteiger partial charge in [-0.1, -0.05) is 0 Å². The standard InChI is InChI=1S/C21H18N4OS/c1-11-3-4-13(10-22-11)15-6-5-14-16(25-15)7-8-17-18(14)19-20(27-17)21(26)24-12(2)9-23-19/h3-8,10,12,20H,9H2,1-2H3,(H,24,26)/t12-,20?/m1/s1. The Morgan fingerprint density at radius 2 is 2.04 bits per heavy atom. The molecule has 1 aromatic carbocycles. The number of benzene rings is 1. The van der Waals surface area contributed by atoms with Gasteiger partial charge in [-0.15, -0.1) is 11.8 Å². The molecule has 0 fully saturated rings. The summed E-state index contributed by atoms with van der Waals surface area (Å²) in [5.41, 5.74) is 5.73. The van der Waals surface area contributed by atoms with E-state index < -0.39 is 0 Å². The van der Waals surface area contributed by atoms with Crippen LogP contribution in [0.2, 0.25) is 0 Å². The number of carbonyl (C=O) groups is 1. The first-order chi connectivity index (χ1) is 13.1. The minimum atomic E-state index is -0.267. The average Bonchev–Trinajstić information content (AvgIpc) is 2.99. The lowest BCUT2D eigenvalue weighted by atomic mass is 10.0. The van der Waals surface area contributed by atoms with Crippen LogP contribution in [0.1, 0.15) is 18.2 Å². The fourth-order valence-electron chi connectivity index (χ4n) is 3.58. The number of carbonyl (C=O) groups excluding carboxylic acids is 1. The molecule has 5 nitrogen and oxygen atoms in total. The van der Waals surface area contributed by atoms with E-state index >= 15 is 0 Å². The first kappa shape index (κ1) is 16.4. The van der Waals surface area contributed by atoms with Crippen molar-refractivity contribution < 1.29 is 4.79 Å². The molecule has 2 aliphatic rings. The van der Waals surface area contributed by atoms with Gasteiger partial charge in [0.2, 0.25) is 5.91 Å². The van der Waals surface area contributed by atoms with E-state index in [4.69, 9.17) is 9.98 Å². The lowest BCUT2D eigenvalue weighted by Gasteiger charge is -2.10. The Balaban J connectivity index is 1.65. The zero-order chi connectivity index (χ0) is 18.5. The molecule has 0 saturated carbocycles. The third kappa shape index (κ3) is 2.72. The van der Waals surface area contributed by atoms with Crippen LogP contribution in [0.15, 0.2) is 52.5 Å². The van der Waals surface area contributed by atoms with E-state index in [1.807, 2.05) is 44.3 Å². The third-order valence-electron chi connectivity index (χ3n) is 4.95. The lowest BCUT2D eigenvalue weighted by molar-refractivity contribution is -0.119. The molecule has 0 bridgehead atoms. The van der Waals surface area contributed by atoms with E-state index in [0.29, 0.717) is 6.54 Å². The van der Waals surface area contributed by atoms with E-state index in [9.17, 15) is 4.79 Å². The van der Waals surface area contributed by atoms with Crippen molar-refractivity contribution in [2.75, 3.05) is 6.54 Å². The Kier molecular flexibility index (Phi) is 3.75. The van der Waals surface area contributed by atoms with Crippen LogP contribution >= 0.6 is 11.8 Å². The van der Waals surface area contributed by atoms with Gasteiger partial charge < -0.3 is 5.32 Å². The fraction of sp³-hybridized carbons (Fsp3) is 0.238. The highest BCUT2D eigenvalue weighted by Gasteiger charge is 2.38. The zero-order valence-corrected chi connectivity index (χ0v) is 15.9. The Hall–Kier alpha value is -2.73. The number of nitrogens with zero attached hydrogens (tertiary/aromatic N) is 3. The topological polar surface area (TPSA) is 67.2 Å². The minimum absolute atomic E-state index is 0.0448. The summed E-state index contributed by atoms with van der Waals surface area (Å²) in [5.74, 6) is 0.0448. The summed E-state index contributed by atoms with van der Waals surface area (Å²) in [5, 5.41) is 3.82. The van der Waals surface area contributed by atoms with E-state index in [1.54, 1.807) is 11.8 Å². The minimum Gasteiger partial charge on any atom is -0.350 e. The molecule has 0 aliphatic carbocycles. The predicted octanol–water partition coefficient (Wildman–Crippen LogP) is 3.39. The molecule has 27 heavy (non-hydrogen) atoms. The lowest BCUT2D eigenvalue weighted by Crippen LogP contribution is -2.39. The number of aliphatic imine (C=N–C) groups is 1. The van der Waals surface area contributed by atoms with Crippen LogP contribution < -0.4 is 5.32 Å². The van der Waals surface area contributed by atoms with Gasteiger partial charge in [0.1, 0.15) is 5.25 Å². The summed E-state index contributed by atoms with van der Waals surface area (Å²) in [6.45, 7) is 4.56. The van der Waals surface area contributed by atoms with Crippen molar-refractivity contribution in [3.05, 3.63) is 53.9 Å². The third-order valence-corrected chi connectivity index (χ3v) is 6.22. The van der Waals surface area contributed by atoms with Crippen molar-refractivity contribution in [2.24, 2.45) is 4.99 Å². The maximum atomic E-state index is 12.5. The highest BCUT2D eigenvalue weighted by Crippen LogP contribution is 2.42. The number of hydrogen-bond acceptors (Lipinski definition) is 5. The maximum Gasteiger partial charge on any atom is 0.239 e. The second kappa shape index (κ2) is 6.16. The van der Waals surface area contributed by atoms with Crippen LogP contribution in [0.3, 0.4) is 0 Å². The van der Waals surface area contributed by atoms with Crippen molar-refractivity contribution in [3.63, 3.8) is 0 Å². The van der Waals surface area contributed by atoms with E-state index in [1.165, 1.54) is 0 Å². The highest BCUT2D eigenvalue weighted by molar-refractivity contribution is 8.02. The number of aromatic nitrogens is 2. The number of hydrogen-bond donors (Lipinski definition) is 1. The highest BCUT2D eigenvalue weighted by atomic mass is 32.2. The van der Waals surface area contributed by atoms with Crippen LogP contribution in [0.4, 0.5) is 0 Å². The van der Waals surface area contributed by atoms with Gasteiger partial charge in [-0.3, -0.25) is 14.8 Å². The number of pyridine rings is 2. The Morgan fingerprint density at radius 3 is 2.85 bits per heavy atom. The molecule has 2 aromatic heterocycles. The molecule has 1 N–H and O–H groups in total. The summed E-state index contributed by atoms with van der Waals surface area (Å²) in [4.78, 5) is 27.6. The summed E-state index contributed by atoms with van der Waals surface area (Å²) in [7, 11) is 0. The van der Waals surface area contributed by atoms with Gasteiger partial charge in [0, 0.05) is 39.3 Å². The van der Waals surface area contributed by atoms with E-state index in [-0.39, 0.29) is 17.2 Å². The average molecular weight is 374 g/mol. The van der Waals surface area contributed by atoms with Crippen LogP contribution in [0.25, 0.3) is 22.2 Å². The second-order valence-electron chi connectivity index (χ2n) is 7.02. The Morgan fingerprint density at radius 1 is 1.15 bits per heavy atom. The van der Waals surface area contributed by atoms with Crippen molar-refractivity contribution in [3.8, 4) is 11.3 Å². The van der Waals surface area contributed by atoms with Crippen molar-refractivity contribution in [2.45, 2.75) is 30.0 Å². The van der Waals surface area contributed by atoms with Crippen molar-refractivity contribution in [1.29, 1.82) is 0 Å². The van der Waals surface area contributed by atoms with Gasteiger partial charge in [-0.2, -0.15) is 0 Å². The van der Waals surface area contributed by atoms with Gasteiger partial charge >= 0.3 is 0 Å². The summed E-state index contributed by atoms with van der Waals surface area (Å²) in [6.07, 6.45) is 1.85. The van der Waals surface area contributed by atoms with Gasteiger partial charge in [-0.05, 0) is 50.2 Å². The van der Waals surface area contributed by atoms with Gasteiger partial charge in [0.15, 0.2) is 0 Å². The van der Waals surface area contributed by atoms with E-state index in [0.717, 1.165) is 44.0 Å². The SMILES string of the molecule is Cc1ccc(-c2ccc3c4c(ccc3n2)SC2C(=O)N[C@H](C)CN=C42)cn1. The summed E-state index contributed by atoms with van der Waals surface area (Å²) >= 11 is 1.58. The number of fused-ring (bicyclic) bond motifs is 5. The number of nitrogens with one attached hydrogen (secondary N) is 1. The van der Waals surface area contributed by atoms with Gasteiger partial charge in [-0.25, -0.2) is 4.98 Å². The van der Waals surface area contributed by atoms with Crippen LogP contribution in [0, 0.1) is 6.92 Å². The molecule has 4 heterocycles. The molecular formula is C21H18N4OS. The Labute approximate surface area is 161 Å². The maximum absolute atomic E-state index is 12.5. The van der Waals surface area contributed by atoms with Crippen LogP contribution in [-0.4, -0.2) is 39.4 Å². The Bertz CT molecular complexity index is 1110. The molecule has 0 spiro atoms. The van der Waals surface area contributed by atoms with Crippen LogP contribution in [0.5, 0.6) is 0 Å². The molecule has 1 unspecified atom stereocenters. The molecule has 2 atom stereocenters. The first-order valence-electron chi connectivity index (χ1n) is 8.99. The predicted molar refractivity (Wildman–Crippen MR) is 108 cm³/mol. The zero-order valence-electron chi connectivity index (χ0n) is 15.1.